The molecule has 6 rings (SSSR count). The number of rotatable bonds is 7. The van der Waals surface area contributed by atoms with Crippen molar-refractivity contribution >= 4 is 33.7 Å². The molecule has 0 saturated carbocycles. The normalized spacial score (nSPS) is 11.4. The highest BCUT2D eigenvalue weighted by atomic mass is 19.1. The minimum absolute atomic E-state index is 0.0598. The van der Waals surface area contributed by atoms with Gasteiger partial charge in [0.15, 0.2) is 11.5 Å². The van der Waals surface area contributed by atoms with Crippen LogP contribution < -0.4 is 10.1 Å². The summed E-state index contributed by atoms with van der Waals surface area (Å²) < 4.78 is 19.5. The zero-order valence-electron chi connectivity index (χ0n) is 22.1. The fourth-order valence-electron chi connectivity index (χ4n) is 4.67. The van der Waals surface area contributed by atoms with Crippen LogP contribution in [0.25, 0.3) is 56.0 Å². The maximum absolute atomic E-state index is 14.3. The molecule has 0 spiro atoms. The van der Waals surface area contributed by atoms with E-state index >= 15 is 0 Å². The number of nitrogens with one attached hydrogen (secondary N) is 3. The lowest BCUT2D eigenvalue weighted by Gasteiger charge is -2.08. The molecule has 0 aliphatic carbocycles. The van der Waals surface area contributed by atoms with Gasteiger partial charge in [0.2, 0.25) is 5.91 Å². The Labute approximate surface area is 228 Å². The van der Waals surface area contributed by atoms with Crippen LogP contribution >= 0.6 is 0 Å². The number of para-hydroxylation sites is 1. The Balaban J connectivity index is 1.38. The van der Waals surface area contributed by atoms with Crippen LogP contribution in [0.3, 0.4) is 0 Å². The van der Waals surface area contributed by atoms with E-state index in [0.29, 0.717) is 51.7 Å². The number of hydrogen-bond donors (Lipinski definition) is 3. The first-order valence-corrected chi connectivity index (χ1v) is 12.8. The number of benzene rings is 2. The molecule has 0 atom stereocenters. The van der Waals surface area contributed by atoms with Gasteiger partial charge in [0.05, 0.1) is 41.2 Å². The summed E-state index contributed by atoms with van der Waals surface area (Å²) in [6, 6.07) is 15.9. The van der Waals surface area contributed by atoms with Crippen molar-refractivity contribution in [2.75, 3.05) is 12.4 Å². The molecule has 0 unspecified atom stereocenters. The molecule has 4 heterocycles. The average molecular weight is 536 g/mol. The molecule has 1 amide bonds. The van der Waals surface area contributed by atoms with Crippen LogP contribution in [0.2, 0.25) is 0 Å². The zero-order valence-corrected chi connectivity index (χ0v) is 22.1. The van der Waals surface area contributed by atoms with E-state index in [4.69, 9.17) is 14.7 Å². The Morgan fingerprint density at radius 1 is 1.00 bits per heavy atom. The van der Waals surface area contributed by atoms with Crippen LogP contribution in [0.15, 0.2) is 67.0 Å². The van der Waals surface area contributed by atoms with Crippen molar-refractivity contribution in [3.8, 4) is 39.7 Å². The molecule has 0 aliphatic heterocycles. The number of methoxy groups -OCH3 is 1. The first-order valence-electron chi connectivity index (χ1n) is 12.8. The van der Waals surface area contributed by atoms with Gasteiger partial charge in [0.1, 0.15) is 17.1 Å². The van der Waals surface area contributed by atoms with Crippen LogP contribution in [-0.2, 0) is 4.79 Å². The van der Waals surface area contributed by atoms with Gasteiger partial charge in [-0.15, -0.1) is 0 Å². The zero-order chi connectivity index (χ0) is 27.8. The van der Waals surface area contributed by atoms with Crippen LogP contribution in [-0.4, -0.2) is 43.2 Å². The fraction of sp³-hybridized carbons (Fsp3) is 0.167. The number of amides is 1. The summed E-state index contributed by atoms with van der Waals surface area (Å²) in [4.78, 5) is 29.6. The number of pyridine rings is 2. The molecule has 9 nitrogen and oxygen atoms in total. The second kappa shape index (κ2) is 10.2. The number of anilines is 1. The predicted octanol–water partition coefficient (Wildman–Crippen LogP) is 6.36. The Kier molecular flexibility index (Phi) is 6.43. The van der Waals surface area contributed by atoms with E-state index < -0.39 is 5.82 Å². The van der Waals surface area contributed by atoms with Crippen molar-refractivity contribution in [1.82, 2.24) is 30.1 Å². The molecule has 40 heavy (non-hydrogen) atoms. The number of H-pyrrole nitrogens is 2. The molecule has 0 aliphatic rings. The number of carbonyl (C=O) groups excluding carboxylic acids is 1. The van der Waals surface area contributed by atoms with Gasteiger partial charge in [-0.1, -0.05) is 26.0 Å². The number of carbonyl (C=O) groups is 1. The lowest BCUT2D eigenvalue weighted by atomic mass is 10.0. The van der Waals surface area contributed by atoms with Crippen LogP contribution in [0.4, 0.5) is 10.1 Å². The molecule has 0 bridgehead atoms. The second-order valence-electron chi connectivity index (χ2n) is 9.94. The van der Waals surface area contributed by atoms with Crippen LogP contribution in [0.1, 0.15) is 20.3 Å². The predicted molar refractivity (Wildman–Crippen MR) is 152 cm³/mol. The van der Waals surface area contributed by atoms with Gasteiger partial charge in [-0.2, -0.15) is 5.10 Å². The molecular weight excluding hydrogens is 509 g/mol. The number of aromatic amines is 2. The van der Waals surface area contributed by atoms with Gasteiger partial charge >= 0.3 is 0 Å². The Bertz CT molecular complexity index is 1880. The van der Waals surface area contributed by atoms with Gasteiger partial charge in [0.25, 0.3) is 0 Å². The van der Waals surface area contributed by atoms with E-state index in [9.17, 15) is 9.18 Å². The number of fused-ring (bicyclic) bond motifs is 2. The number of nitrogens with zero attached hydrogens (tertiary/aromatic N) is 4. The maximum Gasteiger partial charge on any atom is 0.224 e. The lowest BCUT2D eigenvalue weighted by Crippen LogP contribution is -2.14. The third-order valence-corrected chi connectivity index (χ3v) is 6.47. The fourth-order valence-corrected chi connectivity index (χ4v) is 4.67. The van der Waals surface area contributed by atoms with Crippen LogP contribution in [0, 0.1) is 11.7 Å². The van der Waals surface area contributed by atoms with Crippen molar-refractivity contribution in [2.45, 2.75) is 20.3 Å². The van der Waals surface area contributed by atoms with Gasteiger partial charge in [-0.3, -0.25) is 14.9 Å². The summed E-state index contributed by atoms with van der Waals surface area (Å²) in [7, 11) is 1.50. The average Bonchev–Trinajstić information content (AvgIpc) is 3.56. The molecule has 3 N–H and O–H groups in total. The van der Waals surface area contributed by atoms with Crippen molar-refractivity contribution in [1.29, 1.82) is 0 Å². The highest BCUT2D eigenvalue weighted by Crippen LogP contribution is 2.33. The minimum atomic E-state index is -0.393. The van der Waals surface area contributed by atoms with E-state index in [0.717, 1.165) is 22.2 Å². The van der Waals surface area contributed by atoms with Gasteiger partial charge in [-0.25, -0.2) is 14.4 Å². The van der Waals surface area contributed by atoms with Gasteiger partial charge in [0, 0.05) is 29.8 Å². The number of hydrogen-bond acceptors (Lipinski definition) is 6. The van der Waals surface area contributed by atoms with E-state index in [1.165, 1.54) is 19.2 Å². The summed E-state index contributed by atoms with van der Waals surface area (Å²) in [5, 5.41) is 10.4. The minimum Gasteiger partial charge on any atom is -0.497 e. The smallest absolute Gasteiger partial charge is 0.224 e. The molecule has 0 radical (unpaired) electrons. The highest BCUT2D eigenvalue weighted by Gasteiger charge is 2.18. The topological polar surface area (TPSA) is 121 Å². The monoisotopic (exact) mass is 535 g/mol. The summed E-state index contributed by atoms with van der Waals surface area (Å²) >= 11 is 0. The first-order chi connectivity index (χ1) is 19.4. The van der Waals surface area contributed by atoms with Gasteiger partial charge < -0.3 is 15.0 Å². The quantitative estimate of drug-likeness (QED) is 0.219. The third kappa shape index (κ3) is 4.86. The van der Waals surface area contributed by atoms with E-state index in [-0.39, 0.29) is 11.8 Å². The maximum atomic E-state index is 14.3. The Morgan fingerprint density at radius 3 is 2.70 bits per heavy atom. The van der Waals surface area contributed by atoms with Gasteiger partial charge in [-0.05, 0) is 47.9 Å². The highest BCUT2D eigenvalue weighted by molar-refractivity contribution is 5.96. The summed E-state index contributed by atoms with van der Waals surface area (Å²) in [5.41, 5.74) is 6.80. The molecule has 2 aromatic carbocycles. The van der Waals surface area contributed by atoms with Crippen molar-refractivity contribution in [3.05, 3.63) is 72.8 Å². The van der Waals surface area contributed by atoms with Crippen molar-refractivity contribution in [3.63, 3.8) is 0 Å². The van der Waals surface area contributed by atoms with Crippen LogP contribution in [0.5, 0.6) is 5.75 Å². The number of ether oxygens (including phenoxy) is 1. The number of aromatic nitrogens is 6. The summed E-state index contributed by atoms with van der Waals surface area (Å²) in [6.45, 7) is 3.99. The third-order valence-electron chi connectivity index (χ3n) is 6.47. The van der Waals surface area contributed by atoms with E-state index in [1.54, 1.807) is 18.5 Å². The molecule has 0 saturated heterocycles. The largest absolute Gasteiger partial charge is 0.497 e. The second-order valence-corrected chi connectivity index (χ2v) is 9.94. The Hall–Kier alpha value is -5.12. The molecule has 200 valence electrons. The van der Waals surface area contributed by atoms with E-state index in [2.05, 4.69) is 25.5 Å². The van der Waals surface area contributed by atoms with Crippen molar-refractivity contribution < 1.29 is 13.9 Å². The SMILES string of the molecule is COc1cc(F)cc(-c2cccc3[nH]c(-c4n[nH]c5ccc(-c6cncc(NC(=O)CC(C)C)c6)nc45)nc23)c1. The Morgan fingerprint density at radius 2 is 1.88 bits per heavy atom. The molecule has 0 fully saturated rings. The number of imidazole rings is 1. The molecule has 6 aromatic rings. The van der Waals surface area contributed by atoms with E-state index in [1.807, 2.05) is 50.2 Å². The first kappa shape index (κ1) is 25.2. The molecule has 10 heteroatoms. The number of halogens is 1. The molecular formula is C30H26FN7O2. The van der Waals surface area contributed by atoms with Crippen molar-refractivity contribution in [2.24, 2.45) is 5.92 Å². The molecule has 4 aromatic heterocycles. The summed E-state index contributed by atoms with van der Waals surface area (Å²) in [5.74, 6) is 0.752. The standard InChI is InChI=1S/C30H26FN7O2/c1-16(2)9-26(39)33-20-11-18(14-32-15-20)23-7-8-25-28(34-23)29(38-37-25)30-35-24-6-4-5-22(27(24)36-30)17-10-19(31)13-21(12-17)40-3/h4-8,10-16H,9H2,1-3H3,(H,33,39)(H,35,36)(H,37,38). The summed E-state index contributed by atoms with van der Waals surface area (Å²) in [6.07, 6.45) is 3.75. The lowest BCUT2D eigenvalue weighted by molar-refractivity contribution is -0.116.